The molecule has 1 saturated carbocycles. The van der Waals surface area contributed by atoms with Crippen LogP contribution in [0.5, 0.6) is 11.5 Å². The van der Waals surface area contributed by atoms with E-state index in [-0.39, 0.29) is 5.56 Å². The lowest BCUT2D eigenvalue weighted by atomic mass is 9.98. The number of nitrogens with zero attached hydrogens (tertiary/aromatic N) is 3. The van der Waals surface area contributed by atoms with E-state index in [4.69, 9.17) is 9.47 Å². The van der Waals surface area contributed by atoms with Gasteiger partial charge >= 0.3 is 0 Å². The van der Waals surface area contributed by atoms with Crippen LogP contribution in [0.2, 0.25) is 0 Å². The van der Waals surface area contributed by atoms with Gasteiger partial charge in [-0.15, -0.1) is 0 Å². The summed E-state index contributed by atoms with van der Waals surface area (Å²) in [6.45, 7) is 6.96. The Balaban J connectivity index is 1.92. The molecule has 1 aliphatic carbocycles. The van der Waals surface area contributed by atoms with Crippen LogP contribution in [0, 0.1) is 0 Å². The number of benzene rings is 1. The Hall–Kier alpha value is -2.86. The molecule has 0 saturated heterocycles. The Morgan fingerprint density at radius 3 is 2.26 bits per heavy atom. The zero-order valence-corrected chi connectivity index (χ0v) is 19.1. The number of hydrogen-bond acceptors (Lipinski definition) is 5. The smallest absolute Gasteiger partial charge is 0.259 e. The first-order valence-corrected chi connectivity index (χ1v) is 11.0. The number of pyridine rings is 2. The molecular weight excluding hydrogens is 390 g/mol. The summed E-state index contributed by atoms with van der Waals surface area (Å²) >= 11 is 0. The van der Waals surface area contributed by atoms with Crippen molar-refractivity contribution in [1.82, 2.24) is 14.5 Å². The van der Waals surface area contributed by atoms with Crippen molar-refractivity contribution in [2.24, 2.45) is 7.05 Å². The second-order valence-electron chi connectivity index (χ2n) is 8.21. The summed E-state index contributed by atoms with van der Waals surface area (Å²) in [6.07, 6.45) is 5.97. The highest BCUT2D eigenvalue weighted by Crippen LogP contribution is 2.41. The molecule has 1 fully saturated rings. The van der Waals surface area contributed by atoms with Crippen LogP contribution in [-0.2, 0) is 13.6 Å². The van der Waals surface area contributed by atoms with Gasteiger partial charge in [0.1, 0.15) is 11.5 Å². The molecule has 1 aliphatic rings. The van der Waals surface area contributed by atoms with Crippen LogP contribution < -0.4 is 15.0 Å². The quantitative estimate of drug-likeness (QED) is 0.542. The maximum absolute atomic E-state index is 12.8. The van der Waals surface area contributed by atoms with Crippen molar-refractivity contribution in [2.75, 3.05) is 27.3 Å². The lowest BCUT2D eigenvalue weighted by molar-refractivity contribution is 0.281. The van der Waals surface area contributed by atoms with Gasteiger partial charge in [-0.2, -0.15) is 0 Å². The van der Waals surface area contributed by atoms with Crippen molar-refractivity contribution < 1.29 is 9.47 Å². The van der Waals surface area contributed by atoms with Gasteiger partial charge in [0.25, 0.3) is 5.56 Å². The van der Waals surface area contributed by atoms with Crippen LogP contribution >= 0.6 is 0 Å². The lowest BCUT2D eigenvalue weighted by Crippen LogP contribution is -2.23. The normalized spacial score (nSPS) is 13.7. The molecule has 0 atom stereocenters. The van der Waals surface area contributed by atoms with E-state index in [1.807, 2.05) is 6.20 Å². The number of hydrogen-bond donors (Lipinski definition) is 0. The Kier molecular flexibility index (Phi) is 6.01. The van der Waals surface area contributed by atoms with E-state index in [9.17, 15) is 4.79 Å². The van der Waals surface area contributed by atoms with Gasteiger partial charge < -0.3 is 14.0 Å². The molecule has 0 spiro atoms. The zero-order chi connectivity index (χ0) is 22.1. The summed E-state index contributed by atoms with van der Waals surface area (Å²) in [6, 6.07) is 6.20. The Labute approximate surface area is 183 Å². The predicted octanol–water partition coefficient (Wildman–Crippen LogP) is 4.34. The van der Waals surface area contributed by atoms with Crippen LogP contribution in [0.15, 0.2) is 35.4 Å². The van der Waals surface area contributed by atoms with Crippen LogP contribution in [0.3, 0.4) is 0 Å². The third kappa shape index (κ3) is 4.04. The minimum Gasteiger partial charge on any atom is -0.496 e. The van der Waals surface area contributed by atoms with Crippen molar-refractivity contribution >= 4 is 10.8 Å². The molecule has 6 heteroatoms. The summed E-state index contributed by atoms with van der Waals surface area (Å²) in [5.41, 5.74) is 4.01. The van der Waals surface area contributed by atoms with Gasteiger partial charge in [0.05, 0.1) is 25.2 Å². The summed E-state index contributed by atoms with van der Waals surface area (Å²) in [4.78, 5) is 19.7. The molecule has 0 bridgehead atoms. The monoisotopic (exact) mass is 421 g/mol. The Morgan fingerprint density at radius 2 is 1.71 bits per heavy atom. The fraction of sp³-hybridized carbons (Fsp3) is 0.440. The fourth-order valence-corrected chi connectivity index (χ4v) is 4.18. The van der Waals surface area contributed by atoms with Gasteiger partial charge in [0.2, 0.25) is 0 Å². The molecule has 2 aromatic heterocycles. The molecule has 0 unspecified atom stereocenters. The largest absolute Gasteiger partial charge is 0.496 e. The average Bonchev–Trinajstić information content (AvgIpc) is 3.64. The third-order valence-corrected chi connectivity index (χ3v) is 6.28. The van der Waals surface area contributed by atoms with E-state index in [1.54, 1.807) is 32.0 Å². The van der Waals surface area contributed by atoms with Crippen molar-refractivity contribution in [1.29, 1.82) is 0 Å². The SMILES string of the molecule is CCN(CC)Cc1c(OC)cc(-c2cn(C)c(=O)c3cnc(C4CC4)cc23)cc1OC. The highest BCUT2D eigenvalue weighted by molar-refractivity contribution is 5.96. The summed E-state index contributed by atoms with van der Waals surface area (Å²) < 4.78 is 13.2. The second kappa shape index (κ2) is 8.71. The summed E-state index contributed by atoms with van der Waals surface area (Å²) in [5, 5.41) is 1.56. The van der Waals surface area contributed by atoms with E-state index < -0.39 is 0 Å². The number of methoxy groups -OCH3 is 2. The molecule has 0 radical (unpaired) electrons. The van der Waals surface area contributed by atoms with Crippen molar-refractivity contribution in [3.05, 3.63) is 52.2 Å². The number of fused-ring (bicyclic) bond motifs is 1. The molecule has 3 aromatic rings. The van der Waals surface area contributed by atoms with E-state index in [1.165, 1.54) is 12.8 Å². The van der Waals surface area contributed by atoms with E-state index >= 15 is 0 Å². The topological polar surface area (TPSA) is 56.6 Å². The first-order chi connectivity index (χ1) is 15.0. The van der Waals surface area contributed by atoms with Gasteiger partial charge in [0.15, 0.2) is 0 Å². The maximum atomic E-state index is 12.8. The Morgan fingerprint density at radius 1 is 1.06 bits per heavy atom. The van der Waals surface area contributed by atoms with Crippen LogP contribution in [0.4, 0.5) is 0 Å². The zero-order valence-electron chi connectivity index (χ0n) is 19.1. The average molecular weight is 422 g/mol. The minimum atomic E-state index is -0.0364. The van der Waals surface area contributed by atoms with Crippen molar-refractivity contribution in [2.45, 2.75) is 39.2 Å². The fourth-order valence-electron chi connectivity index (χ4n) is 4.18. The van der Waals surface area contributed by atoms with E-state index in [0.29, 0.717) is 11.3 Å². The molecule has 6 nitrogen and oxygen atoms in total. The van der Waals surface area contributed by atoms with E-state index in [2.05, 4.69) is 41.9 Å². The molecule has 0 N–H and O–H groups in total. The molecule has 164 valence electrons. The first-order valence-electron chi connectivity index (χ1n) is 11.0. The molecule has 0 aliphatic heterocycles. The highest BCUT2D eigenvalue weighted by atomic mass is 16.5. The third-order valence-electron chi connectivity index (χ3n) is 6.28. The number of rotatable bonds is 8. The van der Waals surface area contributed by atoms with Crippen LogP contribution in [0.1, 0.15) is 43.9 Å². The maximum Gasteiger partial charge on any atom is 0.259 e. The number of ether oxygens (including phenoxy) is 2. The molecule has 4 rings (SSSR count). The molecular formula is C25H31N3O3. The van der Waals surface area contributed by atoms with E-state index in [0.717, 1.165) is 58.9 Å². The van der Waals surface area contributed by atoms with Gasteiger partial charge in [-0.25, -0.2) is 0 Å². The molecule has 1 aromatic carbocycles. The highest BCUT2D eigenvalue weighted by Gasteiger charge is 2.26. The standard InChI is InChI=1S/C25H31N3O3/c1-6-28(7-2)15-21-23(30-4)10-17(11-24(21)31-5)20-14-27(3)25(29)19-13-26-22(12-18(19)20)16-8-9-16/h10-14,16H,6-9,15H2,1-5H3. The van der Waals surface area contributed by atoms with Crippen molar-refractivity contribution in [3.63, 3.8) is 0 Å². The van der Waals surface area contributed by atoms with Gasteiger partial charge in [0, 0.05) is 43.2 Å². The predicted molar refractivity (Wildman–Crippen MR) is 124 cm³/mol. The van der Waals surface area contributed by atoms with Gasteiger partial charge in [-0.3, -0.25) is 14.7 Å². The van der Waals surface area contributed by atoms with Crippen molar-refractivity contribution in [3.8, 4) is 22.6 Å². The molecule has 2 heterocycles. The summed E-state index contributed by atoms with van der Waals surface area (Å²) in [5.74, 6) is 2.10. The second-order valence-corrected chi connectivity index (χ2v) is 8.21. The number of aryl methyl sites for hydroxylation is 1. The Bertz CT molecular complexity index is 1140. The van der Waals surface area contributed by atoms with Gasteiger partial charge in [-0.05, 0) is 55.1 Å². The number of aromatic nitrogens is 2. The van der Waals surface area contributed by atoms with Crippen LogP contribution in [0.25, 0.3) is 21.9 Å². The molecule has 0 amide bonds. The lowest BCUT2D eigenvalue weighted by Gasteiger charge is -2.22. The first kappa shape index (κ1) is 21.4. The minimum absolute atomic E-state index is 0.0364. The summed E-state index contributed by atoms with van der Waals surface area (Å²) in [7, 11) is 5.17. The van der Waals surface area contributed by atoms with Crippen LogP contribution in [-0.4, -0.2) is 41.8 Å². The van der Waals surface area contributed by atoms with Gasteiger partial charge in [-0.1, -0.05) is 13.8 Å². The molecule has 31 heavy (non-hydrogen) atoms.